The average molecular weight is 446 g/mol. The van der Waals surface area contributed by atoms with E-state index in [0.717, 1.165) is 6.07 Å². The van der Waals surface area contributed by atoms with Gasteiger partial charge in [-0.2, -0.15) is 0 Å². The quantitative estimate of drug-likeness (QED) is 0.735. The van der Waals surface area contributed by atoms with Crippen LogP contribution >= 0.6 is 0 Å². The van der Waals surface area contributed by atoms with E-state index in [1.54, 1.807) is 4.90 Å². The van der Waals surface area contributed by atoms with Gasteiger partial charge in [-0.1, -0.05) is 12.2 Å². The number of rotatable bonds is 3. The fraction of sp³-hybridized carbons (Fsp3) is 0.318. The van der Waals surface area contributed by atoms with Gasteiger partial charge in [0.2, 0.25) is 0 Å². The number of nitrogens with zero attached hydrogens (tertiary/aromatic N) is 3. The van der Waals surface area contributed by atoms with Crippen LogP contribution in [-0.4, -0.2) is 39.6 Å². The Balaban J connectivity index is 1.69. The summed E-state index contributed by atoms with van der Waals surface area (Å²) in [5.41, 5.74) is -1.97. The van der Waals surface area contributed by atoms with Crippen molar-refractivity contribution in [2.24, 2.45) is 0 Å². The van der Waals surface area contributed by atoms with Gasteiger partial charge in [0.1, 0.15) is 35.4 Å². The van der Waals surface area contributed by atoms with E-state index in [2.05, 4.69) is 5.32 Å². The molecule has 168 valence electrons. The van der Waals surface area contributed by atoms with Gasteiger partial charge in [-0.25, -0.2) is 13.2 Å². The molecule has 2 aliphatic heterocycles. The third kappa shape index (κ3) is 3.55. The topological polar surface area (TPSA) is 74.7 Å². The molecule has 1 N–H and O–H groups in total. The minimum Gasteiger partial charge on any atom is -0.348 e. The van der Waals surface area contributed by atoms with E-state index in [-0.39, 0.29) is 29.9 Å². The van der Waals surface area contributed by atoms with Crippen molar-refractivity contribution in [2.45, 2.75) is 38.9 Å². The van der Waals surface area contributed by atoms with E-state index in [1.165, 1.54) is 10.9 Å². The molecule has 2 amide bonds. The van der Waals surface area contributed by atoms with E-state index >= 15 is 0 Å². The molecular formula is C22H21F3N4O3. The van der Waals surface area contributed by atoms with Crippen molar-refractivity contribution in [3.8, 4) is 0 Å². The van der Waals surface area contributed by atoms with E-state index in [9.17, 15) is 27.6 Å². The minimum atomic E-state index is -1.15. The lowest BCUT2D eigenvalue weighted by Gasteiger charge is -2.45. The monoisotopic (exact) mass is 446 g/mol. The second-order valence-corrected chi connectivity index (χ2v) is 8.38. The van der Waals surface area contributed by atoms with Crippen LogP contribution in [0.3, 0.4) is 0 Å². The van der Waals surface area contributed by atoms with Crippen molar-refractivity contribution < 1.29 is 22.8 Å². The lowest BCUT2D eigenvalue weighted by molar-refractivity contribution is 0.0646. The van der Waals surface area contributed by atoms with Crippen molar-refractivity contribution in [1.29, 1.82) is 0 Å². The highest BCUT2D eigenvalue weighted by atomic mass is 19.1. The number of nitrogens with one attached hydrogen (secondary N) is 1. The highest BCUT2D eigenvalue weighted by Crippen LogP contribution is 2.27. The molecule has 2 aromatic rings. The number of carbonyl (C=O) groups is 2. The summed E-state index contributed by atoms with van der Waals surface area (Å²) in [6.07, 6.45) is 5.10. The van der Waals surface area contributed by atoms with Gasteiger partial charge in [0.25, 0.3) is 11.8 Å². The SMILES string of the molecule is CC1C=CC(C)(C)N2CN1C(=O)c1cc(=O)c(C(=O)NCc3c(F)cc(F)cc3F)cn12. The van der Waals surface area contributed by atoms with Gasteiger partial charge in [-0.05, 0) is 20.8 Å². The van der Waals surface area contributed by atoms with Crippen molar-refractivity contribution >= 4 is 11.8 Å². The second-order valence-electron chi connectivity index (χ2n) is 8.38. The van der Waals surface area contributed by atoms with Crippen LogP contribution in [0.2, 0.25) is 0 Å². The molecule has 1 aromatic carbocycles. The molecule has 2 bridgehead atoms. The zero-order valence-electron chi connectivity index (χ0n) is 17.7. The molecule has 0 saturated carbocycles. The Hall–Kier alpha value is -3.56. The summed E-state index contributed by atoms with van der Waals surface area (Å²) in [5.74, 6) is -4.61. The number of amides is 2. The molecule has 0 radical (unpaired) electrons. The van der Waals surface area contributed by atoms with E-state index < -0.39 is 46.4 Å². The lowest BCUT2D eigenvalue weighted by Crippen LogP contribution is -2.61. The molecule has 0 saturated heterocycles. The highest BCUT2D eigenvalue weighted by molar-refractivity contribution is 5.97. The molecule has 32 heavy (non-hydrogen) atoms. The number of fused-ring (bicyclic) bond motifs is 4. The van der Waals surface area contributed by atoms with Crippen molar-refractivity contribution in [2.75, 3.05) is 11.7 Å². The Kier molecular flexibility index (Phi) is 5.10. The fourth-order valence-corrected chi connectivity index (χ4v) is 3.82. The van der Waals surface area contributed by atoms with Crippen LogP contribution < -0.4 is 15.8 Å². The second kappa shape index (κ2) is 7.54. The van der Waals surface area contributed by atoms with Crippen molar-refractivity contribution in [1.82, 2.24) is 14.9 Å². The maximum Gasteiger partial charge on any atom is 0.274 e. The van der Waals surface area contributed by atoms with Crippen LogP contribution in [0.4, 0.5) is 13.2 Å². The number of carbonyl (C=O) groups excluding carboxylic acids is 2. The number of halogens is 3. The summed E-state index contributed by atoms with van der Waals surface area (Å²) in [5, 5.41) is 4.12. The minimum absolute atomic E-state index is 0.108. The molecule has 7 nitrogen and oxygen atoms in total. The number of hydrogen-bond donors (Lipinski definition) is 1. The maximum atomic E-state index is 13.9. The van der Waals surface area contributed by atoms with Crippen molar-refractivity contribution in [3.05, 3.63) is 81.0 Å². The predicted molar refractivity (Wildman–Crippen MR) is 110 cm³/mol. The molecule has 1 atom stereocenters. The molecule has 2 aliphatic rings. The van der Waals surface area contributed by atoms with E-state index in [4.69, 9.17) is 0 Å². The van der Waals surface area contributed by atoms with E-state index in [1.807, 2.05) is 37.9 Å². The molecule has 10 heteroatoms. The smallest absolute Gasteiger partial charge is 0.274 e. The molecule has 4 rings (SSSR count). The standard InChI is InChI=1S/C22H21F3N4O3/c1-12-4-5-22(2,3)29-11-27(12)21(32)18-8-19(30)15(10-28(18)29)20(31)26-9-14-16(24)6-13(23)7-17(14)25/h4-8,10,12H,9,11H2,1-3H3,(H,26,31). The largest absolute Gasteiger partial charge is 0.348 e. The molecular weight excluding hydrogens is 425 g/mol. The third-order valence-electron chi connectivity index (χ3n) is 5.77. The Bertz CT molecular complexity index is 1200. The molecule has 3 heterocycles. The first-order valence-electron chi connectivity index (χ1n) is 9.96. The summed E-state index contributed by atoms with van der Waals surface area (Å²) in [4.78, 5) is 39.9. The number of hydrogen-bond acceptors (Lipinski definition) is 4. The van der Waals surface area contributed by atoms with Gasteiger partial charge in [0, 0.05) is 42.5 Å². The van der Waals surface area contributed by atoms with E-state index in [0.29, 0.717) is 12.1 Å². The van der Waals surface area contributed by atoms with Crippen LogP contribution in [0.25, 0.3) is 0 Å². The van der Waals surface area contributed by atoms with Crippen LogP contribution in [-0.2, 0) is 6.54 Å². The van der Waals surface area contributed by atoms with Crippen LogP contribution in [0.1, 0.15) is 47.2 Å². The van der Waals surface area contributed by atoms with Crippen LogP contribution in [0.15, 0.2) is 41.3 Å². The summed E-state index contributed by atoms with van der Waals surface area (Å²) in [7, 11) is 0. The van der Waals surface area contributed by atoms with Gasteiger partial charge in [0.15, 0.2) is 5.43 Å². The predicted octanol–water partition coefficient (Wildman–Crippen LogP) is 2.28. The summed E-state index contributed by atoms with van der Waals surface area (Å²) in [6, 6.07) is 1.92. The first-order valence-corrected chi connectivity index (χ1v) is 9.96. The number of benzene rings is 1. The molecule has 1 unspecified atom stereocenters. The molecule has 0 spiro atoms. The lowest BCUT2D eigenvalue weighted by atomic mass is 10.0. The van der Waals surface area contributed by atoms with Gasteiger partial charge in [-0.15, -0.1) is 0 Å². The maximum absolute atomic E-state index is 13.9. The Morgan fingerprint density at radius 2 is 1.81 bits per heavy atom. The third-order valence-corrected chi connectivity index (χ3v) is 5.77. The van der Waals surface area contributed by atoms with Crippen LogP contribution in [0, 0.1) is 17.5 Å². The Morgan fingerprint density at radius 3 is 2.47 bits per heavy atom. The summed E-state index contributed by atoms with van der Waals surface area (Å²) in [6.45, 7) is 5.38. The average Bonchev–Trinajstić information content (AvgIpc) is 2.81. The first-order chi connectivity index (χ1) is 15.0. The van der Waals surface area contributed by atoms with Gasteiger partial charge < -0.3 is 10.2 Å². The van der Waals surface area contributed by atoms with Crippen molar-refractivity contribution in [3.63, 3.8) is 0 Å². The molecule has 0 aliphatic carbocycles. The molecule has 1 aromatic heterocycles. The van der Waals surface area contributed by atoms with Gasteiger partial charge >= 0.3 is 0 Å². The highest BCUT2D eigenvalue weighted by Gasteiger charge is 2.39. The Morgan fingerprint density at radius 1 is 1.16 bits per heavy atom. The first kappa shape index (κ1) is 21.7. The van der Waals surface area contributed by atoms with Crippen LogP contribution in [0.5, 0.6) is 0 Å². The fourth-order valence-electron chi connectivity index (χ4n) is 3.82. The zero-order chi connectivity index (χ0) is 23.4. The summed E-state index contributed by atoms with van der Waals surface area (Å²) < 4.78 is 42.3. The normalized spacial score (nSPS) is 18.9. The summed E-state index contributed by atoms with van der Waals surface area (Å²) >= 11 is 0. The number of pyridine rings is 1. The Labute approximate surface area is 181 Å². The number of aromatic nitrogens is 1. The zero-order valence-corrected chi connectivity index (χ0v) is 17.7. The van der Waals surface area contributed by atoms with Gasteiger partial charge in [-0.3, -0.25) is 24.1 Å². The van der Waals surface area contributed by atoms with Gasteiger partial charge in [0.05, 0.1) is 5.54 Å². The molecule has 0 fully saturated rings.